The van der Waals surface area contributed by atoms with Crippen molar-refractivity contribution >= 4 is 21.8 Å². The van der Waals surface area contributed by atoms with Crippen molar-refractivity contribution < 1.29 is 18.0 Å². The van der Waals surface area contributed by atoms with E-state index in [1.165, 1.54) is 36.1 Å². The van der Waals surface area contributed by atoms with Crippen LogP contribution < -0.4 is 10.0 Å². The van der Waals surface area contributed by atoms with Crippen molar-refractivity contribution in [2.24, 2.45) is 0 Å². The topological polar surface area (TPSA) is 95.6 Å². The maximum atomic E-state index is 12.0. The van der Waals surface area contributed by atoms with Crippen LogP contribution in [0.1, 0.15) is 17.3 Å². The van der Waals surface area contributed by atoms with Crippen molar-refractivity contribution in [3.8, 4) is 0 Å². The van der Waals surface area contributed by atoms with Crippen molar-refractivity contribution in [2.75, 3.05) is 27.2 Å². The fraction of sp³-hybridized carbons (Fsp3) is 0.385. The Bertz CT molecular complexity index is 609. The molecular weight excluding hydrogens is 294 g/mol. The van der Waals surface area contributed by atoms with Gasteiger partial charge in [0.15, 0.2) is 5.78 Å². The fourth-order valence-corrected chi connectivity index (χ4v) is 2.50. The molecule has 0 saturated heterocycles. The first-order chi connectivity index (χ1) is 9.74. The summed E-state index contributed by atoms with van der Waals surface area (Å²) in [5, 5.41) is 2.55. The van der Waals surface area contributed by atoms with E-state index in [2.05, 4.69) is 10.0 Å². The van der Waals surface area contributed by atoms with Gasteiger partial charge in [0.1, 0.15) is 0 Å². The summed E-state index contributed by atoms with van der Waals surface area (Å²) in [5.74, 6) is -0.127. The summed E-state index contributed by atoms with van der Waals surface area (Å²) in [6, 6.07) is 5.38. The molecule has 0 heterocycles. The minimum atomic E-state index is -3.65. The zero-order chi connectivity index (χ0) is 16.0. The van der Waals surface area contributed by atoms with Crippen molar-refractivity contribution in [1.29, 1.82) is 0 Å². The summed E-state index contributed by atoms with van der Waals surface area (Å²) >= 11 is 0. The van der Waals surface area contributed by atoms with Gasteiger partial charge >= 0.3 is 6.03 Å². The molecule has 116 valence electrons. The van der Waals surface area contributed by atoms with Gasteiger partial charge in [0.25, 0.3) is 0 Å². The van der Waals surface area contributed by atoms with Gasteiger partial charge in [-0.1, -0.05) is 12.1 Å². The highest BCUT2D eigenvalue weighted by Gasteiger charge is 2.13. The molecule has 0 aromatic heterocycles. The average Bonchev–Trinajstić information content (AvgIpc) is 2.43. The Morgan fingerprint density at radius 1 is 1.10 bits per heavy atom. The van der Waals surface area contributed by atoms with E-state index in [0.717, 1.165) is 0 Å². The number of hydrogen-bond acceptors (Lipinski definition) is 4. The molecule has 0 fully saturated rings. The first-order valence-corrected chi connectivity index (χ1v) is 7.78. The highest BCUT2D eigenvalue weighted by Crippen LogP contribution is 2.10. The second kappa shape index (κ2) is 7.19. The smallest absolute Gasteiger partial charge is 0.316 e. The lowest BCUT2D eigenvalue weighted by atomic mass is 10.2. The number of urea groups is 1. The lowest BCUT2D eigenvalue weighted by Crippen LogP contribution is -2.39. The van der Waals surface area contributed by atoms with Crippen LogP contribution in [0.2, 0.25) is 0 Å². The molecule has 1 aromatic rings. The molecular formula is C13H19N3O4S. The number of carbonyl (C=O) groups is 2. The van der Waals surface area contributed by atoms with Crippen LogP contribution in [0.15, 0.2) is 29.2 Å². The summed E-state index contributed by atoms with van der Waals surface area (Å²) in [6.45, 7) is 1.67. The Hall–Kier alpha value is -1.93. The molecule has 21 heavy (non-hydrogen) atoms. The number of nitrogens with zero attached hydrogens (tertiary/aromatic N) is 1. The quantitative estimate of drug-likeness (QED) is 0.588. The molecule has 2 amide bonds. The molecule has 0 aliphatic heterocycles. The number of amides is 2. The number of benzene rings is 1. The van der Waals surface area contributed by atoms with Gasteiger partial charge in [-0.15, -0.1) is 0 Å². The Morgan fingerprint density at radius 2 is 1.67 bits per heavy atom. The fourth-order valence-electron chi connectivity index (χ4n) is 1.47. The number of hydrogen-bond donors (Lipinski definition) is 2. The Labute approximate surface area is 124 Å². The molecule has 0 atom stereocenters. The third-order valence-electron chi connectivity index (χ3n) is 2.67. The van der Waals surface area contributed by atoms with E-state index < -0.39 is 10.0 Å². The van der Waals surface area contributed by atoms with Crippen molar-refractivity contribution in [3.63, 3.8) is 0 Å². The van der Waals surface area contributed by atoms with E-state index in [1.807, 2.05) is 0 Å². The number of carbonyl (C=O) groups excluding carboxylic acids is 2. The number of ketones is 1. The Balaban J connectivity index is 2.57. The summed E-state index contributed by atoms with van der Waals surface area (Å²) < 4.78 is 26.3. The van der Waals surface area contributed by atoms with Gasteiger partial charge in [-0.25, -0.2) is 17.9 Å². The van der Waals surface area contributed by atoms with Gasteiger partial charge in [-0.2, -0.15) is 0 Å². The molecule has 2 N–H and O–H groups in total. The molecule has 0 unspecified atom stereocenters. The molecule has 0 aliphatic rings. The normalized spacial score (nSPS) is 11.0. The lowest BCUT2D eigenvalue weighted by Gasteiger charge is -2.12. The molecule has 0 saturated carbocycles. The van der Waals surface area contributed by atoms with Gasteiger partial charge in [-0.3, -0.25) is 4.79 Å². The predicted molar refractivity (Wildman–Crippen MR) is 78.7 cm³/mol. The monoisotopic (exact) mass is 313 g/mol. The molecule has 7 nitrogen and oxygen atoms in total. The van der Waals surface area contributed by atoms with Crippen LogP contribution in [-0.4, -0.2) is 52.3 Å². The van der Waals surface area contributed by atoms with Crippen molar-refractivity contribution in [1.82, 2.24) is 14.9 Å². The summed E-state index contributed by atoms with van der Waals surface area (Å²) in [4.78, 5) is 23.8. The standard InChI is InChI=1S/C13H19N3O4S/c1-10(17)11-4-6-12(7-5-11)21(19,20)15-9-8-14-13(18)16(2)3/h4-7,15H,8-9H2,1-3H3,(H,14,18). The maximum absolute atomic E-state index is 12.0. The molecule has 1 aromatic carbocycles. The Kier molecular flexibility index (Phi) is 5.86. The molecule has 0 radical (unpaired) electrons. The van der Waals surface area contributed by atoms with E-state index in [1.54, 1.807) is 14.1 Å². The first-order valence-electron chi connectivity index (χ1n) is 6.30. The summed E-state index contributed by atoms with van der Waals surface area (Å²) in [6.07, 6.45) is 0. The highest BCUT2D eigenvalue weighted by molar-refractivity contribution is 7.89. The SMILES string of the molecule is CC(=O)c1ccc(S(=O)(=O)NCCNC(=O)N(C)C)cc1. The zero-order valence-electron chi connectivity index (χ0n) is 12.2. The molecule has 0 bridgehead atoms. The second-order valence-corrected chi connectivity index (χ2v) is 6.37. The van der Waals surface area contributed by atoms with Gasteiger partial charge in [0, 0.05) is 32.7 Å². The highest BCUT2D eigenvalue weighted by atomic mass is 32.2. The summed E-state index contributed by atoms with van der Waals surface area (Å²) in [5.41, 5.74) is 0.451. The third kappa shape index (κ3) is 5.16. The molecule has 1 rings (SSSR count). The number of Topliss-reactive ketones (excluding diaryl/α,β-unsaturated/α-hetero) is 1. The van der Waals surface area contributed by atoms with Crippen LogP contribution in [-0.2, 0) is 10.0 Å². The number of sulfonamides is 1. The Morgan fingerprint density at radius 3 is 2.14 bits per heavy atom. The molecule has 8 heteroatoms. The van der Waals surface area contributed by atoms with Gasteiger partial charge in [0.05, 0.1) is 4.90 Å². The van der Waals surface area contributed by atoms with E-state index in [0.29, 0.717) is 5.56 Å². The van der Waals surface area contributed by atoms with E-state index in [-0.39, 0.29) is 29.8 Å². The average molecular weight is 313 g/mol. The van der Waals surface area contributed by atoms with Crippen LogP contribution >= 0.6 is 0 Å². The number of rotatable bonds is 6. The summed E-state index contributed by atoms with van der Waals surface area (Å²) in [7, 11) is -0.460. The van der Waals surface area contributed by atoms with Crippen molar-refractivity contribution in [2.45, 2.75) is 11.8 Å². The maximum Gasteiger partial charge on any atom is 0.316 e. The van der Waals surface area contributed by atoms with E-state index in [4.69, 9.17) is 0 Å². The molecule has 0 aliphatic carbocycles. The van der Waals surface area contributed by atoms with Crippen LogP contribution in [0.5, 0.6) is 0 Å². The lowest BCUT2D eigenvalue weighted by molar-refractivity contribution is 0.101. The van der Waals surface area contributed by atoms with Crippen molar-refractivity contribution in [3.05, 3.63) is 29.8 Å². The largest absolute Gasteiger partial charge is 0.337 e. The number of nitrogens with one attached hydrogen (secondary N) is 2. The zero-order valence-corrected chi connectivity index (χ0v) is 13.0. The van der Waals surface area contributed by atoms with Crippen LogP contribution in [0.3, 0.4) is 0 Å². The minimum absolute atomic E-state index is 0.0754. The second-order valence-electron chi connectivity index (χ2n) is 4.60. The van der Waals surface area contributed by atoms with E-state index >= 15 is 0 Å². The van der Waals surface area contributed by atoms with Gasteiger partial charge in [-0.05, 0) is 19.1 Å². The minimum Gasteiger partial charge on any atom is -0.337 e. The van der Waals surface area contributed by atoms with Gasteiger partial charge in [0.2, 0.25) is 10.0 Å². The van der Waals surface area contributed by atoms with E-state index in [9.17, 15) is 18.0 Å². The van der Waals surface area contributed by atoms with Crippen LogP contribution in [0.25, 0.3) is 0 Å². The van der Waals surface area contributed by atoms with Crippen LogP contribution in [0.4, 0.5) is 4.79 Å². The van der Waals surface area contributed by atoms with Crippen LogP contribution in [0, 0.1) is 0 Å². The first kappa shape index (κ1) is 17.1. The van der Waals surface area contributed by atoms with Gasteiger partial charge < -0.3 is 10.2 Å². The predicted octanol–water partition coefficient (Wildman–Crippen LogP) is 0.439. The molecule has 0 spiro atoms. The third-order valence-corrected chi connectivity index (χ3v) is 4.15.